The topological polar surface area (TPSA) is 70.1 Å². The molecule has 1 aromatic carbocycles. The van der Waals surface area contributed by atoms with Gasteiger partial charge in [0, 0.05) is 13.1 Å². The summed E-state index contributed by atoms with van der Waals surface area (Å²) in [6.45, 7) is 6.50. The number of rotatable bonds is 9. The second-order valence-corrected chi connectivity index (χ2v) is 7.03. The lowest BCUT2D eigenvalue weighted by atomic mass is 10.1. The van der Waals surface area contributed by atoms with E-state index in [1.165, 1.54) is 0 Å². The minimum Gasteiger partial charge on any atom is -0.494 e. The first-order valence-corrected chi connectivity index (χ1v) is 9.12. The van der Waals surface area contributed by atoms with Gasteiger partial charge in [0.25, 0.3) is 0 Å². The fraction of sp³-hybridized carbons (Fsp3) is 0.500. The summed E-state index contributed by atoms with van der Waals surface area (Å²) in [6, 6.07) is 5.28. The Bertz CT molecular complexity index is 645. The molecule has 1 aliphatic rings. The fourth-order valence-corrected chi connectivity index (χ4v) is 3.41. The third-order valence-corrected chi connectivity index (χ3v) is 4.76. The van der Waals surface area contributed by atoms with Crippen molar-refractivity contribution in [2.45, 2.75) is 19.3 Å². The number of unbranched alkanes of at least 4 members (excludes halogenated alkanes) is 1. The molecule has 0 saturated carbocycles. The Labute approximate surface area is 138 Å². The van der Waals surface area contributed by atoms with Gasteiger partial charge in [0.2, 0.25) is 0 Å². The zero-order valence-electron chi connectivity index (χ0n) is 13.4. The van der Waals surface area contributed by atoms with Gasteiger partial charge in [-0.1, -0.05) is 6.08 Å². The number of nitrogens with zero attached hydrogens (tertiary/aromatic N) is 2. The van der Waals surface area contributed by atoms with E-state index in [1.54, 1.807) is 12.1 Å². The zero-order valence-corrected chi connectivity index (χ0v) is 14.3. The largest absolute Gasteiger partial charge is 0.494 e. The zero-order chi connectivity index (χ0) is 16.9. The van der Waals surface area contributed by atoms with E-state index in [1.807, 2.05) is 12.1 Å². The van der Waals surface area contributed by atoms with Crippen LogP contribution in [0.5, 0.6) is 5.75 Å². The molecule has 0 aromatic heterocycles. The predicted octanol–water partition coefficient (Wildman–Crippen LogP) is 2.13. The Morgan fingerprint density at radius 3 is 2.91 bits per heavy atom. The number of fused-ring (bicyclic) bond motifs is 1. The molecular formula is C16H24N2O4S. The van der Waals surface area contributed by atoms with E-state index in [9.17, 15) is 13.0 Å². The summed E-state index contributed by atoms with van der Waals surface area (Å²) in [6.07, 6.45) is 4.47. The molecule has 0 fully saturated rings. The second kappa shape index (κ2) is 7.81. The highest BCUT2D eigenvalue weighted by molar-refractivity contribution is 7.87. The molecule has 6 nitrogen and oxygen atoms in total. The van der Waals surface area contributed by atoms with Crippen LogP contribution in [0.1, 0.15) is 18.4 Å². The summed E-state index contributed by atoms with van der Waals surface area (Å²) < 4.78 is 38.4. The number of likely N-dealkylation sites (N-methyl/N-ethyl adjacent to an activating group) is 1. The molecule has 2 rings (SSSR count). The Kier molecular flexibility index (Phi) is 6.04. The number of ether oxygens (including phenoxy) is 1. The monoisotopic (exact) mass is 340 g/mol. The van der Waals surface area contributed by atoms with Crippen molar-refractivity contribution in [3.05, 3.63) is 36.4 Å². The normalized spacial score (nSPS) is 14.1. The molecule has 0 bridgehead atoms. The van der Waals surface area contributed by atoms with E-state index in [4.69, 9.17) is 4.74 Å². The van der Waals surface area contributed by atoms with Crippen LogP contribution in [0.3, 0.4) is 0 Å². The van der Waals surface area contributed by atoms with Crippen LogP contribution in [0.4, 0.5) is 5.69 Å². The van der Waals surface area contributed by atoms with Crippen LogP contribution in [0.15, 0.2) is 30.9 Å². The van der Waals surface area contributed by atoms with Gasteiger partial charge in [-0.05, 0) is 56.6 Å². The lowest BCUT2D eigenvalue weighted by Gasteiger charge is -2.15. The molecule has 128 valence electrons. The summed E-state index contributed by atoms with van der Waals surface area (Å²) in [4.78, 5) is 2.20. The number of benzene rings is 1. The maximum absolute atomic E-state index is 11.3. The summed E-state index contributed by atoms with van der Waals surface area (Å²) in [5, 5.41) is 0. The highest BCUT2D eigenvalue weighted by Crippen LogP contribution is 2.32. The lowest BCUT2D eigenvalue weighted by molar-refractivity contribution is 0.287. The molecule has 0 saturated heterocycles. The van der Waals surface area contributed by atoms with E-state index in [2.05, 4.69) is 18.5 Å². The maximum atomic E-state index is 11.3. The average molecular weight is 340 g/mol. The summed E-state index contributed by atoms with van der Waals surface area (Å²) >= 11 is 0. The van der Waals surface area contributed by atoms with Crippen molar-refractivity contribution in [3.8, 4) is 5.75 Å². The van der Waals surface area contributed by atoms with Crippen molar-refractivity contribution in [1.82, 2.24) is 4.90 Å². The molecule has 1 N–H and O–H groups in total. The molecule has 0 spiro atoms. The van der Waals surface area contributed by atoms with Gasteiger partial charge in [0.05, 0.1) is 12.3 Å². The van der Waals surface area contributed by atoms with Crippen molar-refractivity contribution in [2.75, 3.05) is 37.6 Å². The number of anilines is 1. The predicted molar refractivity (Wildman–Crippen MR) is 91.5 cm³/mol. The summed E-state index contributed by atoms with van der Waals surface area (Å²) in [5.41, 5.74) is 1.41. The molecule has 0 unspecified atom stereocenters. The molecule has 1 aliphatic heterocycles. The molecular weight excluding hydrogens is 316 g/mol. The summed E-state index contributed by atoms with van der Waals surface area (Å²) in [5.74, 6) is 0.736. The van der Waals surface area contributed by atoms with Gasteiger partial charge in [-0.15, -0.1) is 6.58 Å². The van der Waals surface area contributed by atoms with Gasteiger partial charge in [-0.3, -0.25) is 4.55 Å². The van der Waals surface area contributed by atoms with Crippen molar-refractivity contribution < 1.29 is 17.7 Å². The molecule has 1 heterocycles. The first kappa shape index (κ1) is 17.8. The van der Waals surface area contributed by atoms with Crippen LogP contribution in [-0.4, -0.2) is 51.2 Å². The van der Waals surface area contributed by atoms with Crippen LogP contribution >= 0.6 is 0 Å². The lowest BCUT2D eigenvalue weighted by Crippen LogP contribution is -2.27. The van der Waals surface area contributed by atoms with Crippen molar-refractivity contribution in [2.24, 2.45) is 0 Å². The van der Waals surface area contributed by atoms with E-state index >= 15 is 0 Å². The second-order valence-electron chi connectivity index (χ2n) is 5.70. The minimum atomic E-state index is -4.19. The van der Waals surface area contributed by atoms with E-state index in [-0.39, 0.29) is 6.54 Å². The Hall–Kier alpha value is -1.57. The van der Waals surface area contributed by atoms with Gasteiger partial charge in [0.15, 0.2) is 0 Å². The van der Waals surface area contributed by atoms with Crippen LogP contribution in [0.2, 0.25) is 0 Å². The highest BCUT2D eigenvalue weighted by atomic mass is 32.2. The first-order valence-electron chi connectivity index (χ1n) is 7.72. The quantitative estimate of drug-likeness (QED) is 0.424. The van der Waals surface area contributed by atoms with Crippen molar-refractivity contribution in [3.63, 3.8) is 0 Å². The van der Waals surface area contributed by atoms with Crippen LogP contribution < -0.4 is 9.04 Å². The van der Waals surface area contributed by atoms with Crippen molar-refractivity contribution in [1.29, 1.82) is 0 Å². The fourth-order valence-electron chi connectivity index (χ4n) is 2.66. The smallest absolute Gasteiger partial charge is 0.359 e. The molecule has 1 aromatic rings. The molecule has 0 aliphatic carbocycles. The van der Waals surface area contributed by atoms with Crippen LogP contribution in [0, 0.1) is 0 Å². The van der Waals surface area contributed by atoms with Gasteiger partial charge in [-0.2, -0.15) is 8.42 Å². The Balaban J connectivity index is 1.81. The molecule has 0 radical (unpaired) electrons. The molecule has 0 amide bonds. The van der Waals surface area contributed by atoms with E-state index < -0.39 is 10.3 Å². The van der Waals surface area contributed by atoms with Crippen LogP contribution in [0.25, 0.3) is 0 Å². The third-order valence-electron chi connectivity index (χ3n) is 3.83. The van der Waals surface area contributed by atoms with E-state index in [0.717, 1.165) is 41.5 Å². The van der Waals surface area contributed by atoms with Gasteiger partial charge < -0.3 is 9.64 Å². The SMILES string of the molecule is C=CCN(C)CCCCOc1ccc2c(c1)CCN2S(=O)(=O)O. The van der Waals surface area contributed by atoms with Crippen LogP contribution in [-0.2, 0) is 16.7 Å². The first-order chi connectivity index (χ1) is 10.9. The minimum absolute atomic E-state index is 0.271. The van der Waals surface area contributed by atoms with Gasteiger partial charge >= 0.3 is 10.3 Å². The number of hydrogen-bond acceptors (Lipinski definition) is 4. The standard InChI is InChI=1S/C16H24N2O4S/c1-3-9-17(2)10-4-5-12-22-15-6-7-16-14(13-15)8-11-18(16)23(19,20)21/h3,6-7,13H,1,4-5,8-12H2,2H3,(H,19,20,21). The molecule has 0 atom stereocenters. The maximum Gasteiger partial charge on any atom is 0.359 e. The third kappa shape index (κ3) is 4.95. The Morgan fingerprint density at radius 1 is 1.43 bits per heavy atom. The van der Waals surface area contributed by atoms with E-state index in [0.29, 0.717) is 18.7 Å². The van der Waals surface area contributed by atoms with Gasteiger partial charge in [-0.25, -0.2) is 4.31 Å². The highest BCUT2D eigenvalue weighted by Gasteiger charge is 2.27. The average Bonchev–Trinajstić information content (AvgIpc) is 2.90. The summed E-state index contributed by atoms with van der Waals surface area (Å²) in [7, 11) is -2.13. The van der Waals surface area contributed by atoms with Gasteiger partial charge in [0.1, 0.15) is 5.75 Å². The number of hydrogen-bond donors (Lipinski definition) is 1. The molecule has 23 heavy (non-hydrogen) atoms. The molecule has 7 heteroatoms. The van der Waals surface area contributed by atoms with Crippen molar-refractivity contribution >= 4 is 16.0 Å². The Morgan fingerprint density at radius 2 is 2.22 bits per heavy atom.